The molecule has 0 spiro atoms. The van der Waals surface area contributed by atoms with Crippen LogP contribution in [0.25, 0.3) is 0 Å². The van der Waals surface area contributed by atoms with Gasteiger partial charge in [-0.1, -0.05) is 6.92 Å². The Bertz CT molecular complexity index is 401. The molecule has 0 fully saturated rings. The molecule has 1 aromatic heterocycles. The maximum atomic E-state index is 13.8. The second-order valence-electron chi connectivity index (χ2n) is 3.84. The fraction of sp³-hybridized carbons (Fsp3) is 0.500. The van der Waals surface area contributed by atoms with Crippen molar-refractivity contribution in [3.05, 3.63) is 19.2 Å². The van der Waals surface area contributed by atoms with Gasteiger partial charge in [0.1, 0.15) is 0 Å². The summed E-state index contributed by atoms with van der Waals surface area (Å²) < 4.78 is 28.8. The highest BCUT2D eigenvalue weighted by molar-refractivity contribution is 9.13. The molecule has 1 heterocycles. The third kappa shape index (κ3) is 4.30. The lowest BCUT2D eigenvalue weighted by Gasteiger charge is -2.18. The largest absolute Gasteiger partial charge is 0.481 e. The van der Waals surface area contributed by atoms with Gasteiger partial charge in [-0.25, -0.2) is 8.78 Å². The Hall–Kier alpha value is -0.0100. The van der Waals surface area contributed by atoms with E-state index in [0.717, 1.165) is 11.3 Å². The van der Waals surface area contributed by atoms with E-state index in [9.17, 15) is 13.6 Å². The number of carbonyl (C=O) groups is 1. The van der Waals surface area contributed by atoms with Crippen LogP contribution >= 0.6 is 43.2 Å². The van der Waals surface area contributed by atoms with Gasteiger partial charge in [0.15, 0.2) is 0 Å². The van der Waals surface area contributed by atoms with Gasteiger partial charge in [0.25, 0.3) is 5.92 Å². The van der Waals surface area contributed by atoms with Gasteiger partial charge in [0.05, 0.1) is 8.66 Å². The number of alkyl halides is 2. The Kier molecular flexibility index (Phi) is 5.09. The maximum absolute atomic E-state index is 13.8. The molecule has 1 atom stereocenters. The summed E-state index contributed by atoms with van der Waals surface area (Å²) in [6, 6.07) is 1.36. The summed E-state index contributed by atoms with van der Waals surface area (Å²) in [5, 5.41) is 8.54. The van der Waals surface area contributed by atoms with Crippen LogP contribution in [-0.2, 0) is 10.7 Å². The van der Waals surface area contributed by atoms with Crippen molar-refractivity contribution in [1.29, 1.82) is 0 Å². The van der Waals surface area contributed by atoms with Crippen molar-refractivity contribution >= 4 is 49.2 Å². The van der Waals surface area contributed by atoms with E-state index in [1.807, 2.05) is 0 Å². The van der Waals surface area contributed by atoms with Crippen molar-refractivity contribution in [1.82, 2.24) is 0 Å². The minimum absolute atomic E-state index is 0.0616. The van der Waals surface area contributed by atoms with Crippen LogP contribution in [0.1, 0.15) is 24.6 Å². The number of halogens is 4. The van der Waals surface area contributed by atoms with E-state index < -0.39 is 24.2 Å². The van der Waals surface area contributed by atoms with Crippen molar-refractivity contribution in [2.45, 2.75) is 25.7 Å². The Balaban J connectivity index is 2.77. The summed E-state index contributed by atoms with van der Waals surface area (Å²) in [6.45, 7) is 1.51. The van der Waals surface area contributed by atoms with Crippen LogP contribution < -0.4 is 0 Å². The predicted molar refractivity (Wildman–Crippen MR) is 69.6 cm³/mol. The zero-order valence-corrected chi connectivity index (χ0v) is 12.8. The molecule has 0 saturated carbocycles. The van der Waals surface area contributed by atoms with Gasteiger partial charge >= 0.3 is 5.97 Å². The highest BCUT2D eigenvalue weighted by Gasteiger charge is 2.36. The van der Waals surface area contributed by atoms with Crippen molar-refractivity contribution in [3.8, 4) is 0 Å². The molecular formula is C10H10Br2F2O2S. The van der Waals surface area contributed by atoms with Crippen LogP contribution in [0, 0.1) is 5.92 Å². The molecule has 1 unspecified atom stereocenters. The molecule has 2 nitrogen and oxygen atoms in total. The van der Waals surface area contributed by atoms with Crippen LogP contribution in [0.3, 0.4) is 0 Å². The Morgan fingerprint density at radius 1 is 1.59 bits per heavy atom. The SMILES string of the molecule is CC(CC(=O)O)CC(F)(F)c1cc(Br)c(Br)s1. The molecule has 0 radical (unpaired) electrons. The number of hydrogen-bond acceptors (Lipinski definition) is 2. The van der Waals surface area contributed by atoms with Crippen LogP contribution in [0.2, 0.25) is 0 Å². The molecule has 0 amide bonds. The highest BCUT2D eigenvalue weighted by atomic mass is 79.9. The Morgan fingerprint density at radius 2 is 2.18 bits per heavy atom. The number of thiophene rings is 1. The number of aliphatic carboxylic acids is 1. The molecule has 0 saturated heterocycles. The summed E-state index contributed by atoms with van der Waals surface area (Å²) in [5.74, 6) is -4.61. The van der Waals surface area contributed by atoms with Gasteiger partial charge < -0.3 is 5.11 Å². The summed E-state index contributed by atoms with van der Waals surface area (Å²) in [4.78, 5) is 10.4. The summed E-state index contributed by atoms with van der Waals surface area (Å²) in [6.07, 6.45) is -0.706. The molecule has 0 aliphatic rings. The monoisotopic (exact) mass is 390 g/mol. The molecule has 96 valence electrons. The smallest absolute Gasteiger partial charge is 0.303 e. The quantitative estimate of drug-likeness (QED) is 0.777. The fourth-order valence-corrected chi connectivity index (χ4v) is 3.46. The van der Waals surface area contributed by atoms with E-state index in [1.54, 1.807) is 0 Å². The molecule has 7 heteroatoms. The molecule has 0 aliphatic carbocycles. The predicted octanol–water partition coefficient (Wildman–Crippen LogP) is 4.87. The normalized spacial score (nSPS) is 13.7. The van der Waals surface area contributed by atoms with E-state index in [2.05, 4.69) is 31.9 Å². The van der Waals surface area contributed by atoms with Gasteiger partial charge in [-0.15, -0.1) is 11.3 Å². The van der Waals surface area contributed by atoms with Crippen molar-refractivity contribution < 1.29 is 18.7 Å². The number of rotatable bonds is 5. The zero-order chi connectivity index (χ0) is 13.2. The average molecular weight is 392 g/mol. The van der Waals surface area contributed by atoms with E-state index >= 15 is 0 Å². The lowest BCUT2D eigenvalue weighted by molar-refractivity contribution is -0.138. The summed E-state index contributed by atoms with van der Waals surface area (Å²) >= 11 is 7.26. The molecule has 1 rings (SSSR count). The molecule has 1 aromatic rings. The second-order valence-corrected chi connectivity index (χ2v) is 7.07. The van der Waals surface area contributed by atoms with Gasteiger partial charge in [-0.2, -0.15) is 0 Å². The van der Waals surface area contributed by atoms with E-state index in [0.29, 0.717) is 8.26 Å². The highest BCUT2D eigenvalue weighted by Crippen LogP contribution is 2.43. The third-order valence-corrected chi connectivity index (χ3v) is 5.50. The Labute approximate surface area is 118 Å². The van der Waals surface area contributed by atoms with Gasteiger partial charge in [0.2, 0.25) is 0 Å². The first kappa shape index (κ1) is 15.0. The molecule has 0 aromatic carbocycles. The summed E-state index contributed by atoms with van der Waals surface area (Å²) in [7, 11) is 0. The van der Waals surface area contributed by atoms with Gasteiger partial charge in [-0.05, 0) is 43.8 Å². The van der Waals surface area contributed by atoms with Crippen LogP contribution in [0.5, 0.6) is 0 Å². The van der Waals surface area contributed by atoms with E-state index in [1.165, 1.54) is 13.0 Å². The molecule has 1 N–H and O–H groups in total. The molecular weight excluding hydrogens is 382 g/mol. The van der Waals surface area contributed by atoms with E-state index in [-0.39, 0.29) is 11.3 Å². The van der Waals surface area contributed by atoms with Crippen LogP contribution in [0.15, 0.2) is 14.3 Å². The fourth-order valence-electron chi connectivity index (χ4n) is 1.44. The van der Waals surface area contributed by atoms with Crippen molar-refractivity contribution in [3.63, 3.8) is 0 Å². The second kappa shape index (κ2) is 5.75. The van der Waals surface area contributed by atoms with Crippen LogP contribution in [0.4, 0.5) is 8.78 Å². The number of hydrogen-bond donors (Lipinski definition) is 1. The average Bonchev–Trinajstić information content (AvgIpc) is 2.44. The molecule has 0 aliphatic heterocycles. The molecule has 17 heavy (non-hydrogen) atoms. The minimum Gasteiger partial charge on any atom is -0.481 e. The standard InChI is InChI=1S/C10H10Br2F2O2S/c1-5(2-8(15)16)4-10(13,14)7-3-6(11)9(12)17-7/h3,5H,2,4H2,1H3,(H,15,16). The van der Waals surface area contributed by atoms with Crippen molar-refractivity contribution in [2.75, 3.05) is 0 Å². The number of carboxylic acids is 1. The van der Waals surface area contributed by atoms with Gasteiger partial charge in [-0.3, -0.25) is 4.79 Å². The first-order valence-corrected chi connectivity index (χ1v) is 7.17. The van der Waals surface area contributed by atoms with E-state index in [4.69, 9.17) is 5.11 Å². The molecule has 0 bridgehead atoms. The first-order valence-electron chi connectivity index (χ1n) is 4.77. The topological polar surface area (TPSA) is 37.3 Å². The van der Waals surface area contributed by atoms with Gasteiger partial charge in [0, 0.05) is 17.3 Å². The Morgan fingerprint density at radius 3 is 2.59 bits per heavy atom. The third-order valence-electron chi connectivity index (χ3n) is 2.13. The zero-order valence-electron chi connectivity index (χ0n) is 8.84. The number of carboxylic acid groups (broad SMARTS) is 1. The lowest BCUT2D eigenvalue weighted by atomic mass is 9.99. The maximum Gasteiger partial charge on any atom is 0.303 e. The lowest BCUT2D eigenvalue weighted by Crippen LogP contribution is -2.18. The summed E-state index contributed by atoms with van der Waals surface area (Å²) in [5.41, 5.74) is 0. The van der Waals surface area contributed by atoms with Crippen molar-refractivity contribution in [2.24, 2.45) is 5.92 Å². The van der Waals surface area contributed by atoms with Crippen LogP contribution in [-0.4, -0.2) is 11.1 Å². The first-order chi connectivity index (χ1) is 7.72. The minimum atomic E-state index is -2.99.